The molecule has 0 spiro atoms. The van der Waals surface area contributed by atoms with Crippen molar-refractivity contribution in [3.63, 3.8) is 0 Å². The van der Waals surface area contributed by atoms with Gasteiger partial charge in [0, 0.05) is 18.8 Å². The number of carbonyl (C=O) groups excluding carboxylic acids is 1. The van der Waals surface area contributed by atoms with E-state index in [2.05, 4.69) is 15.7 Å². The van der Waals surface area contributed by atoms with E-state index in [-0.39, 0.29) is 18.6 Å². The van der Waals surface area contributed by atoms with E-state index in [0.717, 1.165) is 25.7 Å². The summed E-state index contributed by atoms with van der Waals surface area (Å²) < 4.78 is 0. The molecule has 6 heteroatoms. The van der Waals surface area contributed by atoms with Crippen molar-refractivity contribution >= 4 is 11.7 Å². The largest absolute Gasteiger partial charge is 0.396 e. The van der Waals surface area contributed by atoms with Gasteiger partial charge in [-0.2, -0.15) is 0 Å². The topological polar surface area (TPSA) is 100 Å². The SMILES string of the molecule is NNc1ccc(C(=O)NC2CCCC(CO)C2)cn1. The van der Waals surface area contributed by atoms with Crippen LogP contribution in [0.25, 0.3) is 0 Å². The molecule has 1 amide bonds. The van der Waals surface area contributed by atoms with Crippen LogP contribution < -0.4 is 16.6 Å². The molecule has 1 fully saturated rings. The highest BCUT2D eigenvalue weighted by atomic mass is 16.3. The van der Waals surface area contributed by atoms with E-state index >= 15 is 0 Å². The first-order valence-corrected chi connectivity index (χ1v) is 6.57. The number of aromatic nitrogens is 1. The minimum absolute atomic E-state index is 0.125. The van der Waals surface area contributed by atoms with Gasteiger partial charge in [0.1, 0.15) is 5.82 Å². The van der Waals surface area contributed by atoms with Gasteiger partial charge in [0.2, 0.25) is 0 Å². The van der Waals surface area contributed by atoms with Crippen molar-refractivity contribution in [1.29, 1.82) is 0 Å². The molecule has 5 N–H and O–H groups in total. The molecule has 6 nitrogen and oxygen atoms in total. The molecule has 1 heterocycles. The van der Waals surface area contributed by atoms with Crippen molar-refractivity contribution in [2.75, 3.05) is 12.0 Å². The fourth-order valence-corrected chi connectivity index (χ4v) is 2.47. The average Bonchev–Trinajstić information content (AvgIpc) is 2.47. The molecule has 1 aromatic rings. The molecule has 2 rings (SSSR count). The molecule has 1 aromatic heterocycles. The van der Waals surface area contributed by atoms with Gasteiger partial charge in [-0.05, 0) is 37.3 Å². The van der Waals surface area contributed by atoms with Crippen LogP contribution in [0.4, 0.5) is 5.82 Å². The lowest BCUT2D eigenvalue weighted by molar-refractivity contribution is 0.0905. The lowest BCUT2D eigenvalue weighted by atomic mass is 9.86. The summed E-state index contributed by atoms with van der Waals surface area (Å²) in [5.41, 5.74) is 2.94. The summed E-state index contributed by atoms with van der Waals surface area (Å²) in [7, 11) is 0. The third kappa shape index (κ3) is 3.65. The number of rotatable bonds is 4. The Morgan fingerprint density at radius 3 is 2.95 bits per heavy atom. The third-order valence-electron chi connectivity index (χ3n) is 3.55. The van der Waals surface area contributed by atoms with Crippen molar-refractivity contribution < 1.29 is 9.90 Å². The molecule has 1 aliphatic carbocycles. The van der Waals surface area contributed by atoms with Crippen LogP contribution in [0.5, 0.6) is 0 Å². The van der Waals surface area contributed by atoms with Crippen LogP contribution in [0.3, 0.4) is 0 Å². The molecule has 1 saturated carbocycles. The lowest BCUT2D eigenvalue weighted by Gasteiger charge is -2.28. The fraction of sp³-hybridized carbons (Fsp3) is 0.538. The number of aliphatic hydroxyl groups excluding tert-OH is 1. The number of nitrogen functional groups attached to an aromatic ring is 1. The van der Waals surface area contributed by atoms with Gasteiger partial charge < -0.3 is 15.8 Å². The fourth-order valence-electron chi connectivity index (χ4n) is 2.47. The van der Waals surface area contributed by atoms with Crippen molar-refractivity contribution in [1.82, 2.24) is 10.3 Å². The zero-order valence-electron chi connectivity index (χ0n) is 10.8. The smallest absolute Gasteiger partial charge is 0.253 e. The van der Waals surface area contributed by atoms with Crippen LogP contribution in [-0.2, 0) is 0 Å². The Kier molecular flexibility index (Phi) is 4.70. The van der Waals surface area contributed by atoms with E-state index in [9.17, 15) is 9.90 Å². The van der Waals surface area contributed by atoms with Crippen molar-refractivity contribution in [3.8, 4) is 0 Å². The van der Waals surface area contributed by atoms with Crippen LogP contribution in [0.1, 0.15) is 36.0 Å². The average molecular weight is 264 g/mol. The summed E-state index contributed by atoms with van der Waals surface area (Å²) in [6, 6.07) is 3.49. The van der Waals surface area contributed by atoms with Crippen LogP contribution in [0.15, 0.2) is 18.3 Å². The molecule has 0 radical (unpaired) electrons. The van der Waals surface area contributed by atoms with Crippen LogP contribution >= 0.6 is 0 Å². The molecule has 2 unspecified atom stereocenters. The van der Waals surface area contributed by atoms with E-state index in [1.807, 2.05) is 0 Å². The number of hydrogen-bond donors (Lipinski definition) is 4. The Morgan fingerprint density at radius 2 is 2.32 bits per heavy atom. The minimum Gasteiger partial charge on any atom is -0.396 e. The standard InChI is InChI=1S/C13H20N4O2/c14-17-12-5-4-10(7-15-12)13(19)16-11-3-1-2-9(6-11)8-18/h4-5,7,9,11,18H,1-3,6,8,14H2,(H,15,17)(H,16,19). The van der Waals surface area contributed by atoms with E-state index < -0.39 is 0 Å². The highest BCUT2D eigenvalue weighted by Crippen LogP contribution is 2.23. The lowest BCUT2D eigenvalue weighted by Crippen LogP contribution is -2.39. The van der Waals surface area contributed by atoms with Crippen molar-refractivity contribution in [2.45, 2.75) is 31.7 Å². The summed E-state index contributed by atoms with van der Waals surface area (Å²) in [6.07, 6.45) is 5.40. The van der Waals surface area contributed by atoms with E-state index in [1.54, 1.807) is 12.1 Å². The summed E-state index contributed by atoms with van der Waals surface area (Å²) in [5, 5.41) is 12.2. The Balaban J connectivity index is 1.92. The maximum absolute atomic E-state index is 12.0. The zero-order chi connectivity index (χ0) is 13.7. The number of anilines is 1. The number of hydrogen-bond acceptors (Lipinski definition) is 5. The molecule has 0 bridgehead atoms. The maximum Gasteiger partial charge on any atom is 0.253 e. The number of nitrogens with zero attached hydrogens (tertiary/aromatic N) is 1. The first kappa shape index (κ1) is 13.8. The van der Waals surface area contributed by atoms with Crippen molar-refractivity contribution in [3.05, 3.63) is 23.9 Å². The van der Waals surface area contributed by atoms with Gasteiger partial charge in [-0.15, -0.1) is 0 Å². The second kappa shape index (κ2) is 6.49. The van der Waals surface area contributed by atoms with Gasteiger partial charge in [0.15, 0.2) is 0 Å². The number of hydrazine groups is 1. The Bertz CT molecular complexity index is 421. The predicted molar refractivity (Wildman–Crippen MR) is 72.3 cm³/mol. The second-order valence-corrected chi connectivity index (χ2v) is 4.96. The number of carbonyl (C=O) groups is 1. The van der Waals surface area contributed by atoms with E-state index in [4.69, 9.17) is 5.84 Å². The number of aliphatic hydroxyl groups is 1. The first-order valence-electron chi connectivity index (χ1n) is 6.57. The van der Waals surface area contributed by atoms with Gasteiger partial charge in [0.25, 0.3) is 5.91 Å². The van der Waals surface area contributed by atoms with Gasteiger partial charge >= 0.3 is 0 Å². The molecule has 0 aliphatic heterocycles. The van der Waals surface area contributed by atoms with Crippen LogP contribution in [0.2, 0.25) is 0 Å². The monoisotopic (exact) mass is 264 g/mol. The normalized spacial score (nSPS) is 22.8. The quantitative estimate of drug-likeness (QED) is 0.472. The maximum atomic E-state index is 12.0. The number of nitrogens with one attached hydrogen (secondary N) is 2. The molecule has 2 atom stereocenters. The molecule has 104 valence electrons. The number of nitrogens with two attached hydrogens (primary N) is 1. The highest BCUT2D eigenvalue weighted by Gasteiger charge is 2.23. The van der Waals surface area contributed by atoms with Crippen LogP contribution in [-0.4, -0.2) is 28.6 Å². The molecule has 19 heavy (non-hydrogen) atoms. The Labute approximate surface area is 112 Å². The minimum atomic E-state index is -0.125. The van der Waals surface area contributed by atoms with Crippen LogP contribution in [0, 0.1) is 5.92 Å². The zero-order valence-corrected chi connectivity index (χ0v) is 10.8. The highest BCUT2D eigenvalue weighted by molar-refractivity contribution is 5.94. The molecular formula is C13H20N4O2. The van der Waals surface area contributed by atoms with Gasteiger partial charge in [0.05, 0.1) is 5.56 Å². The predicted octanol–water partition coefficient (Wildman–Crippen LogP) is 0.648. The first-order chi connectivity index (χ1) is 9.22. The number of amides is 1. The molecule has 0 aromatic carbocycles. The van der Waals surface area contributed by atoms with E-state index in [1.165, 1.54) is 6.20 Å². The molecular weight excluding hydrogens is 244 g/mol. The summed E-state index contributed by atoms with van der Waals surface area (Å²) in [4.78, 5) is 16.0. The molecule has 1 aliphatic rings. The van der Waals surface area contributed by atoms with Gasteiger partial charge in [-0.1, -0.05) is 6.42 Å². The van der Waals surface area contributed by atoms with Crippen molar-refractivity contribution in [2.24, 2.45) is 11.8 Å². The van der Waals surface area contributed by atoms with Gasteiger partial charge in [-0.3, -0.25) is 4.79 Å². The summed E-state index contributed by atoms with van der Waals surface area (Å²) >= 11 is 0. The third-order valence-corrected chi connectivity index (χ3v) is 3.55. The van der Waals surface area contributed by atoms with Gasteiger partial charge in [-0.25, -0.2) is 10.8 Å². The molecule has 0 saturated heterocycles. The summed E-state index contributed by atoms with van der Waals surface area (Å²) in [6.45, 7) is 0.199. The summed E-state index contributed by atoms with van der Waals surface area (Å²) in [5.74, 6) is 5.92. The second-order valence-electron chi connectivity index (χ2n) is 4.96. The Hall–Kier alpha value is -1.66. The Morgan fingerprint density at radius 1 is 1.47 bits per heavy atom. The number of pyridine rings is 1. The van der Waals surface area contributed by atoms with E-state index in [0.29, 0.717) is 17.3 Å².